The molecule has 1 aromatic rings. The maximum absolute atomic E-state index is 12.0. The van der Waals surface area contributed by atoms with E-state index in [4.69, 9.17) is 0 Å². The third-order valence-electron chi connectivity index (χ3n) is 4.00. The predicted octanol–water partition coefficient (Wildman–Crippen LogP) is 1.71. The molecule has 6 heteroatoms. The summed E-state index contributed by atoms with van der Waals surface area (Å²) < 4.78 is 0. The van der Waals surface area contributed by atoms with Crippen LogP contribution in [0.25, 0.3) is 0 Å². The molecule has 0 aliphatic carbocycles. The van der Waals surface area contributed by atoms with Crippen LogP contribution in [-0.2, 0) is 17.6 Å². The highest BCUT2D eigenvalue weighted by molar-refractivity contribution is 5.88. The van der Waals surface area contributed by atoms with E-state index in [1.165, 1.54) is 0 Å². The van der Waals surface area contributed by atoms with E-state index >= 15 is 0 Å². The van der Waals surface area contributed by atoms with Gasteiger partial charge in [0.05, 0.1) is 11.4 Å². The molecule has 1 aliphatic heterocycles. The summed E-state index contributed by atoms with van der Waals surface area (Å²) in [4.78, 5) is 16.4. The zero-order valence-electron chi connectivity index (χ0n) is 13.0. The van der Waals surface area contributed by atoms with Gasteiger partial charge in [0.1, 0.15) is 0 Å². The molecule has 0 atom stereocenters. The molecule has 1 aromatic heterocycles. The second kappa shape index (κ2) is 8.02. The van der Waals surface area contributed by atoms with Gasteiger partial charge in [-0.25, -0.2) is 4.98 Å². The van der Waals surface area contributed by atoms with Gasteiger partial charge in [-0.15, -0.1) is 10.2 Å². The second-order valence-electron chi connectivity index (χ2n) is 5.52. The van der Waals surface area contributed by atoms with Gasteiger partial charge in [0.15, 0.2) is 0 Å². The SMILES string of the molecule is CCc1nnc(NC(=O)CCC2CCNCC2)nc1CC. The van der Waals surface area contributed by atoms with Gasteiger partial charge in [-0.2, -0.15) is 0 Å². The van der Waals surface area contributed by atoms with Crippen LogP contribution < -0.4 is 10.6 Å². The van der Waals surface area contributed by atoms with Crippen LogP contribution in [0.5, 0.6) is 0 Å². The predicted molar refractivity (Wildman–Crippen MR) is 82.0 cm³/mol. The highest BCUT2D eigenvalue weighted by atomic mass is 16.1. The Morgan fingerprint density at radius 1 is 1.19 bits per heavy atom. The fourth-order valence-electron chi connectivity index (χ4n) is 2.68. The van der Waals surface area contributed by atoms with Gasteiger partial charge in [0.2, 0.25) is 11.9 Å². The monoisotopic (exact) mass is 291 g/mol. The van der Waals surface area contributed by atoms with Crippen LogP contribution in [-0.4, -0.2) is 34.2 Å². The van der Waals surface area contributed by atoms with E-state index in [1.54, 1.807) is 0 Å². The molecule has 1 saturated heterocycles. The summed E-state index contributed by atoms with van der Waals surface area (Å²) in [6.45, 7) is 6.20. The quantitative estimate of drug-likeness (QED) is 0.834. The zero-order chi connectivity index (χ0) is 15.1. The van der Waals surface area contributed by atoms with Gasteiger partial charge >= 0.3 is 0 Å². The first kappa shape index (κ1) is 15.8. The molecule has 0 bridgehead atoms. The van der Waals surface area contributed by atoms with Gasteiger partial charge in [-0.3, -0.25) is 10.1 Å². The molecule has 0 spiro atoms. The number of nitrogens with one attached hydrogen (secondary N) is 2. The normalized spacial score (nSPS) is 15.9. The Kier molecular flexibility index (Phi) is 6.04. The first-order valence-corrected chi connectivity index (χ1v) is 7.96. The summed E-state index contributed by atoms with van der Waals surface area (Å²) in [5.41, 5.74) is 1.83. The number of aryl methyl sites for hydroxylation is 2. The van der Waals surface area contributed by atoms with Gasteiger partial charge in [0.25, 0.3) is 0 Å². The highest BCUT2D eigenvalue weighted by Gasteiger charge is 2.15. The Morgan fingerprint density at radius 2 is 1.90 bits per heavy atom. The topological polar surface area (TPSA) is 79.8 Å². The molecule has 21 heavy (non-hydrogen) atoms. The van der Waals surface area contributed by atoms with Crippen molar-refractivity contribution in [2.45, 2.75) is 52.4 Å². The fraction of sp³-hybridized carbons (Fsp3) is 0.733. The summed E-state index contributed by atoms with van der Waals surface area (Å²) in [7, 11) is 0. The van der Waals surface area contributed by atoms with E-state index < -0.39 is 0 Å². The Morgan fingerprint density at radius 3 is 2.57 bits per heavy atom. The van der Waals surface area contributed by atoms with Crippen molar-refractivity contribution in [2.75, 3.05) is 18.4 Å². The lowest BCUT2D eigenvalue weighted by Crippen LogP contribution is -2.28. The Bertz CT molecular complexity index is 471. The maximum atomic E-state index is 12.0. The lowest BCUT2D eigenvalue weighted by Gasteiger charge is -2.22. The van der Waals surface area contributed by atoms with Crippen LogP contribution in [0.4, 0.5) is 5.95 Å². The maximum Gasteiger partial charge on any atom is 0.249 e. The zero-order valence-corrected chi connectivity index (χ0v) is 13.0. The van der Waals surface area contributed by atoms with Crippen molar-refractivity contribution in [2.24, 2.45) is 5.92 Å². The molecule has 2 rings (SSSR count). The van der Waals surface area contributed by atoms with E-state index in [9.17, 15) is 4.79 Å². The molecule has 0 aromatic carbocycles. The number of piperidine rings is 1. The molecular formula is C15H25N5O. The van der Waals surface area contributed by atoms with Crippen LogP contribution in [0.1, 0.15) is 50.9 Å². The van der Waals surface area contributed by atoms with Crippen molar-refractivity contribution in [3.8, 4) is 0 Å². The van der Waals surface area contributed by atoms with E-state index in [1.807, 2.05) is 13.8 Å². The average molecular weight is 291 g/mol. The standard InChI is InChI=1S/C15H25N5O/c1-3-12-13(4-2)19-20-15(17-12)18-14(21)6-5-11-7-9-16-10-8-11/h11,16H,3-10H2,1-2H3,(H,17,18,20,21). The van der Waals surface area contributed by atoms with E-state index in [0.29, 0.717) is 18.3 Å². The van der Waals surface area contributed by atoms with Crippen molar-refractivity contribution in [1.82, 2.24) is 20.5 Å². The number of rotatable bonds is 6. The average Bonchev–Trinajstić information content (AvgIpc) is 2.53. The third kappa shape index (κ3) is 4.74. The number of aromatic nitrogens is 3. The summed E-state index contributed by atoms with van der Waals surface area (Å²) in [6.07, 6.45) is 5.41. The molecule has 6 nitrogen and oxygen atoms in total. The second-order valence-corrected chi connectivity index (χ2v) is 5.52. The van der Waals surface area contributed by atoms with Crippen molar-refractivity contribution < 1.29 is 4.79 Å². The molecule has 1 amide bonds. The Labute approximate surface area is 126 Å². The number of amides is 1. The van der Waals surface area contributed by atoms with Gasteiger partial charge in [0, 0.05) is 6.42 Å². The summed E-state index contributed by atoms with van der Waals surface area (Å²) in [5, 5.41) is 14.2. The fourth-order valence-corrected chi connectivity index (χ4v) is 2.68. The smallest absolute Gasteiger partial charge is 0.249 e. The molecule has 2 heterocycles. The Balaban J connectivity index is 1.84. The number of anilines is 1. The minimum absolute atomic E-state index is 0.0124. The minimum Gasteiger partial charge on any atom is -0.317 e. The van der Waals surface area contributed by atoms with E-state index in [0.717, 1.165) is 56.6 Å². The Hall–Kier alpha value is -1.56. The summed E-state index contributed by atoms with van der Waals surface area (Å²) >= 11 is 0. The number of hydrogen-bond donors (Lipinski definition) is 2. The van der Waals surface area contributed by atoms with Gasteiger partial charge in [-0.1, -0.05) is 13.8 Å². The lowest BCUT2D eigenvalue weighted by molar-refractivity contribution is -0.116. The molecule has 1 fully saturated rings. The molecule has 116 valence electrons. The minimum atomic E-state index is -0.0124. The number of hydrogen-bond acceptors (Lipinski definition) is 5. The summed E-state index contributed by atoms with van der Waals surface area (Å²) in [6, 6.07) is 0. The number of nitrogens with zero attached hydrogens (tertiary/aromatic N) is 3. The van der Waals surface area contributed by atoms with E-state index in [-0.39, 0.29) is 5.91 Å². The van der Waals surface area contributed by atoms with Crippen LogP contribution in [0.2, 0.25) is 0 Å². The molecule has 2 N–H and O–H groups in total. The first-order chi connectivity index (χ1) is 10.2. The van der Waals surface area contributed by atoms with Gasteiger partial charge in [-0.05, 0) is 51.1 Å². The van der Waals surface area contributed by atoms with Crippen molar-refractivity contribution in [3.05, 3.63) is 11.4 Å². The molecule has 0 radical (unpaired) electrons. The van der Waals surface area contributed by atoms with Crippen molar-refractivity contribution in [1.29, 1.82) is 0 Å². The highest BCUT2D eigenvalue weighted by Crippen LogP contribution is 2.18. The van der Waals surface area contributed by atoms with Gasteiger partial charge < -0.3 is 5.32 Å². The summed E-state index contributed by atoms with van der Waals surface area (Å²) in [5.74, 6) is 0.978. The molecule has 0 saturated carbocycles. The van der Waals surface area contributed by atoms with Crippen LogP contribution in [0.3, 0.4) is 0 Å². The van der Waals surface area contributed by atoms with E-state index in [2.05, 4.69) is 25.8 Å². The van der Waals surface area contributed by atoms with Crippen molar-refractivity contribution >= 4 is 11.9 Å². The largest absolute Gasteiger partial charge is 0.317 e. The lowest BCUT2D eigenvalue weighted by atomic mass is 9.93. The molecule has 0 unspecified atom stereocenters. The molecule has 1 aliphatic rings. The van der Waals surface area contributed by atoms with Crippen LogP contribution >= 0.6 is 0 Å². The van der Waals surface area contributed by atoms with Crippen LogP contribution in [0, 0.1) is 5.92 Å². The first-order valence-electron chi connectivity index (χ1n) is 7.96. The van der Waals surface area contributed by atoms with Crippen molar-refractivity contribution in [3.63, 3.8) is 0 Å². The van der Waals surface area contributed by atoms with Crippen LogP contribution in [0.15, 0.2) is 0 Å². The third-order valence-corrected chi connectivity index (χ3v) is 4.00. The molecular weight excluding hydrogens is 266 g/mol. The number of carbonyl (C=O) groups is 1. The number of carbonyl (C=O) groups excluding carboxylic acids is 1.